The number of hydrogen-bond donors (Lipinski definition) is 2. The first-order valence-electron chi connectivity index (χ1n) is 8.23. The lowest BCUT2D eigenvalue weighted by molar-refractivity contribution is -0.121. The number of carbonyl (C=O) groups excluding carboxylic acids is 1. The third-order valence-electron chi connectivity index (χ3n) is 3.95. The number of nitrogens with two attached hydrogens (primary N) is 1. The Balaban J connectivity index is 1.57. The fraction of sp³-hybridized carbons (Fsp3) is 0.0556. The average molecular weight is 379 g/mol. The van der Waals surface area contributed by atoms with Crippen LogP contribution in [0.1, 0.15) is 5.56 Å². The predicted molar refractivity (Wildman–Crippen MR) is 99.6 cm³/mol. The first-order chi connectivity index (χ1) is 13.6. The zero-order chi connectivity index (χ0) is 19.5. The van der Waals surface area contributed by atoms with Crippen LogP contribution in [0, 0.1) is 5.82 Å². The van der Waals surface area contributed by atoms with Gasteiger partial charge < -0.3 is 10.3 Å². The van der Waals surface area contributed by atoms with Crippen molar-refractivity contribution < 1.29 is 13.8 Å². The summed E-state index contributed by atoms with van der Waals surface area (Å²) in [5.41, 5.74) is 10.5. The van der Waals surface area contributed by atoms with Crippen LogP contribution >= 0.6 is 0 Å². The molecule has 0 aliphatic carbocycles. The number of nitrogens with one attached hydrogen (secondary N) is 1. The van der Waals surface area contributed by atoms with Gasteiger partial charge in [-0.1, -0.05) is 24.3 Å². The molecule has 4 rings (SSSR count). The van der Waals surface area contributed by atoms with Crippen molar-refractivity contribution in [3.05, 3.63) is 59.9 Å². The van der Waals surface area contributed by atoms with Crippen LogP contribution in [0.4, 0.5) is 10.2 Å². The van der Waals surface area contributed by atoms with Crippen molar-refractivity contribution >= 4 is 29.0 Å². The molecule has 0 atom stereocenters. The fourth-order valence-corrected chi connectivity index (χ4v) is 2.67. The Kier molecular flexibility index (Phi) is 4.50. The molecule has 0 aliphatic heterocycles. The van der Waals surface area contributed by atoms with E-state index in [0.29, 0.717) is 16.9 Å². The molecule has 0 radical (unpaired) electrons. The molecule has 28 heavy (non-hydrogen) atoms. The zero-order valence-corrected chi connectivity index (χ0v) is 14.4. The Morgan fingerprint density at radius 3 is 2.75 bits per heavy atom. The highest BCUT2D eigenvalue weighted by Crippen LogP contribution is 2.26. The van der Waals surface area contributed by atoms with Crippen molar-refractivity contribution in [3.8, 4) is 11.5 Å². The van der Waals surface area contributed by atoms with Gasteiger partial charge in [0, 0.05) is 0 Å². The molecule has 2 aromatic heterocycles. The lowest BCUT2D eigenvalue weighted by atomic mass is 10.2. The van der Waals surface area contributed by atoms with Crippen LogP contribution in [-0.2, 0) is 11.3 Å². The molecular formula is C18H14FN7O2. The number of hydrazone groups is 1. The number of halogens is 1. The topological polar surface area (TPSA) is 124 Å². The number of anilines is 1. The number of para-hydroxylation sites is 2. The monoisotopic (exact) mass is 379 g/mol. The van der Waals surface area contributed by atoms with Crippen molar-refractivity contribution in [1.82, 2.24) is 25.3 Å². The minimum absolute atomic E-state index is 0.0753. The lowest BCUT2D eigenvalue weighted by Crippen LogP contribution is -2.23. The number of fused-ring (bicyclic) bond motifs is 1. The van der Waals surface area contributed by atoms with E-state index >= 15 is 0 Å². The van der Waals surface area contributed by atoms with E-state index in [1.807, 2.05) is 24.3 Å². The van der Waals surface area contributed by atoms with Crippen LogP contribution in [0.2, 0.25) is 0 Å². The number of imidazole rings is 1. The predicted octanol–water partition coefficient (Wildman–Crippen LogP) is 1.96. The largest absolute Gasteiger partial charge is 0.379 e. The number of nitrogen functional groups attached to an aromatic ring is 1. The molecule has 0 unspecified atom stereocenters. The molecule has 2 aromatic carbocycles. The van der Waals surface area contributed by atoms with E-state index in [2.05, 4.69) is 30.5 Å². The minimum Gasteiger partial charge on any atom is -0.379 e. The number of nitrogens with zero attached hydrogens (tertiary/aromatic N) is 5. The summed E-state index contributed by atoms with van der Waals surface area (Å²) in [5.74, 6) is -0.302. The van der Waals surface area contributed by atoms with Crippen LogP contribution in [0.3, 0.4) is 0 Å². The Bertz CT molecular complexity index is 1160. The summed E-state index contributed by atoms with van der Waals surface area (Å²) < 4.78 is 19.2. The van der Waals surface area contributed by atoms with Gasteiger partial charge in [-0.25, -0.2) is 19.4 Å². The second kappa shape index (κ2) is 7.27. The Hall–Kier alpha value is -4.08. The second-order valence-corrected chi connectivity index (χ2v) is 5.85. The molecule has 0 bridgehead atoms. The maximum absolute atomic E-state index is 12.9. The fourth-order valence-electron chi connectivity index (χ4n) is 2.67. The molecule has 0 fully saturated rings. The number of aromatic nitrogens is 4. The summed E-state index contributed by atoms with van der Waals surface area (Å²) in [4.78, 5) is 16.9. The number of rotatable bonds is 5. The number of hydrogen-bond acceptors (Lipinski definition) is 7. The average Bonchev–Trinajstić information content (AvgIpc) is 3.27. The highest BCUT2D eigenvalue weighted by atomic mass is 19.1. The molecule has 1 amide bonds. The third kappa shape index (κ3) is 3.43. The van der Waals surface area contributed by atoms with Crippen molar-refractivity contribution in [3.63, 3.8) is 0 Å². The van der Waals surface area contributed by atoms with Gasteiger partial charge in [-0.05, 0) is 40.1 Å². The van der Waals surface area contributed by atoms with E-state index < -0.39 is 5.91 Å². The van der Waals surface area contributed by atoms with Gasteiger partial charge in [-0.15, -0.1) is 0 Å². The van der Waals surface area contributed by atoms with Crippen LogP contribution in [-0.4, -0.2) is 32.0 Å². The first-order valence-corrected chi connectivity index (χ1v) is 8.23. The summed E-state index contributed by atoms with van der Waals surface area (Å²) in [6.45, 7) is -0.0805. The molecular weight excluding hydrogens is 365 g/mol. The SMILES string of the molecule is Nc1nonc1-c1nc2ccccc2n1CC(=O)NN=Cc1ccc(F)cc1. The van der Waals surface area contributed by atoms with Gasteiger partial charge in [0.05, 0.1) is 17.2 Å². The molecule has 9 nitrogen and oxygen atoms in total. The molecule has 10 heteroatoms. The summed E-state index contributed by atoms with van der Waals surface area (Å²) in [5, 5.41) is 11.2. The first kappa shape index (κ1) is 17.3. The van der Waals surface area contributed by atoms with Crippen LogP contribution in [0.15, 0.2) is 58.3 Å². The maximum Gasteiger partial charge on any atom is 0.260 e. The Morgan fingerprint density at radius 2 is 2.00 bits per heavy atom. The molecule has 2 heterocycles. The molecule has 0 spiro atoms. The number of carbonyl (C=O) groups is 1. The number of benzene rings is 2. The van der Waals surface area contributed by atoms with Gasteiger partial charge in [-0.3, -0.25) is 4.79 Å². The summed E-state index contributed by atoms with van der Waals surface area (Å²) in [7, 11) is 0. The van der Waals surface area contributed by atoms with E-state index in [0.717, 1.165) is 5.52 Å². The molecule has 0 saturated heterocycles. The van der Waals surface area contributed by atoms with E-state index in [1.165, 1.54) is 18.3 Å². The molecule has 0 aliphatic rings. The van der Waals surface area contributed by atoms with Crippen LogP contribution in [0.25, 0.3) is 22.6 Å². The Morgan fingerprint density at radius 1 is 1.21 bits per heavy atom. The van der Waals surface area contributed by atoms with Crippen molar-refractivity contribution in [2.45, 2.75) is 6.54 Å². The standard InChI is InChI=1S/C18H14FN7O2/c19-12-7-5-11(6-8-12)9-21-23-15(27)10-26-14-4-2-1-3-13(14)22-18(26)16-17(20)25-28-24-16/h1-9H,10H2,(H2,20,25)(H,23,27). The van der Waals surface area contributed by atoms with E-state index in [4.69, 9.17) is 5.73 Å². The van der Waals surface area contributed by atoms with Gasteiger partial charge >= 0.3 is 0 Å². The van der Waals surface area contributed by atoms with Crippen LogP contribution < -0.4 is 11.2 Å². The quantitative estimate of drug-likeness (QED) is 0.403. The second-order valence-electron chi connectivity index (χ2n) is 5.85. The molecule has 3 N–H and O–H groups in total. The van der Waals surface area contributed by atoms with Crippen molar-refractivity contribution in [1.29, 1.82) is 0 Å². The molecule has 140 valence electrons. The van der Waals surface area contributed by atoms with E-state index in [-0.39, 0.29) is 23.9 Å². The molecule has 0 saturated carbocycles. The summed E-state index contributed by atoms with van der Waals surface area (Å²) in [6, 6.07) is 13.0. The van der Waals surface area contributed by atoms with Gasteiger partial charge in [-0.2, -0.15) is 5.10 Å². The van der Waals surface area contributed by atoms with Crippen LogP contribution in [0.5, 0.6) is 0 Å². The summed E-state index contributed by atoms with van der Waals surface area (Å²) in [6.07, 6.45) is 1.42. The highest BCUT2D eigenvalue weighted by Gasteiger charge is 2.20. The van der Waals surface area contributed by atoms with Crippen molar-refractivity contribution in [2.24, 2.45) is 5.10 Å². The maximum atomic E-state index is 12.9. The van der Waals surface area contributed by atoms with Crippen molar-refractivity contribution in [2.75, 3.05) is 5.73 Å². The smallest absolute Gasteiger partial charge is 0.260 e. The van der Waals surface area contributed by atoms with Gasteiger partial charge in [0.25, 0.3) is 5.91 Å². The van der Waals surface area contributed by atoms with E-state index in [1.54, 1.807) is 16.7 Å². The van der Waals surface area contributed by atoms with Gasteiger partial charge in [0.15, 0.2) is 17.3 Å². The minimum atomic E-state index is -0.391. The normalized spacial score (nSPS) is 11.3. The highest BCUT2D eigenvalue weighted by molar-refractivity contribution is 5.86. The lowest BCUT2D eigenvalue weighted by Gasteiger charge is -2.06. The molecule has 4 aromatic rings. The van der Waals surface area contributed by atoms with E-state index in [9.17, 15) is 9.18 Å². The van der Waals surface area contributed by atoms with Gasteiger partial charge in [0.2, 0.25) is 0 Å². The third-order valence-corrected chi connectivity index (χ3v) is 3.95. The summed E-state index contributed by atoms with van der Waals surface area (Å²) >= 11 is 0. The van der Waals surface area contributed by atoms with Gasteiger partial charge in [0.1, 0.15) is 12.4 Å². The Labute approximate surface area is 157 Å². The zero-order valence-electron chi connectivity index (χ0n) is 14.4. The number of amides is 1.